The van der Waals surface area contributed by atoms with Crippen LogP contribution in [0, 0.1) is 0 Å². The largest absolute Gasteiger partial charge is 0.354 e. The van der Waals surface area contributed by atoms with Gasteiger partial charge in [0.2, 0.25) is 0 Å². The molecule has 0 saturated carbocycles. The molecule has 0 bridgehead atoms. The van der Waals surface area contributed by atoms with Crippen LogP contribution in [0.15, 0.2) is 66.7 Å². The third-order valence-corrected chi connectivity index (χ3v) is 5.81. The van der Waals surface area contributed by atoms with Gasteiger partial charge in [0.05, 0.1) is 17.4 Å². The number of thioether (sulfide) groups is 1. The van der Waals surface area contributed by atoms with E-state index in [2.05, 4.69) is 76.9 Å². The van der Waals surface area contributed by atoms with Crippen molar-refractivity contribution in [1.29, 1.82) is 0 Å². The van der Waals surface area contributed by atoms with E-state index in [-0.39, 0.29) is 0 Å². The standard InChI is InChI=1S/C19H16N2S/c1-2-7-14(8-3-1)17-12-22-19-20-18-15-9-5-4-6-13(15)10-11-16(18)21(17)19/h1-11,17,19-20H,12H2. The molecule has 0 radical (unpaired) electrons. The summed E-state index contributed by atoms with van der Waals surface area (Å²) in [6.07, 6.45) is 0. The summed E-state index contributed by atoms with van der Waals surface area (Å²) in [6.45, 7) is 0. The second-order valence-electron chi connectivity index (χ2n) is 5.84. The Morgan fingerprint density at radius 2 is 1.73 bits per heavy atom. The number of hydrogen-bond acceptors (Lipinski definition) is 3. The molecule has 2 atom stereocenters. The maximum Gasteiger partial charge on any atom is 0.149 e. The second kappa shape index (κ2) is 4.68. The highest BCUT2D eigenvalue weighted by atomic mass is 32.2. The Bertz CT molecular complexity index is 846. The lowest BCUT2D eigenvalue weighted by Crippen LogP contribution is -2.30. The Morgan fingerprint density at radius 3 is 2.64 bits per heavy atom. The molecule has 0 aromatic heterocycles. The summed E-state index contributed by atoms with van der Waals surface area (Å²) in [7, 11) is 0. The summed E-state index contributed by atoms with van der Waals surface area (Å²) in [5.74, 6) is 1.13. The van der Waals surface area contributed by atoms with Crippen molar-refractivity contribution in [2.45, 2.75) is 11.5 Å². The maximum atomic E-state index is 3.73. The van der Waals surface area contributed by atoms with Gasteiger partial charge in [-0.25, -0.2) is 0 Å². The lowest BCUT2D eigenvalue weighted by atomic mass is 10.0. The van der Waals surface area contributed by atoms with Crippen molar-refractivity contribution in [3.63, 3.8) is 0 Å². The van der Waals surface area contributed by atoms with Crippen LogP contribution in [0.4, 0.5) is 11.4 Å². The predicted octanol–water partition coefficient (Wildman–Crippen LogP) is 4.84. The minimum absolute atomic E-state index is 0.353. The summed E-state index contributed by atoms with van der Waals surface area (Å²) < 4.78 is 0. The molecule has 2 aliphatic heterocycles. The third-order valence-electron chi connectivity index (χ3n) is 4.64. The molecule has 2 heterocycles. The smallest absolute Gasteiger partial charge is 0.149 e. The van der Waals surface area contributed by atoms with Gasteiger partial charge in [0, 0.05) is 11.1 Å². The zero-order valence-electron chi connectivity index (χ0n) is 12.1. The van der Waals surface area contributed by atoms with Gasteiger partial charge in [0.15, 0.2) is 0 Å². The molecule has 3 aromatic rings. The first-order valence-electron chi connectivity index (χ1n) is 7.65. The molecule has 0 spiro atoms. The molecule has 2 aliphatic rings. The van der Waals surface area contributed by atoms with Gasteiger partial charge in [-0.05, 0) is 17.0 Å². The minimum atomic E-state index is 0.353. The van der Waals surface area contributed by atoms with Crippen LogP contribution in [-0.4, -0.2) is 11.3 Å². The van der Waals surface area contributed by atoms with E-state index in [0.29, 0.717) is 11.5 Å². The Kier molecular flexibility index (Phi) is 2.64. The number of rotatable bonds is 1. The van der Waals surface area contributed by atoms with Crippen LogP contribution in [0.5, 0.6) is 0 Å². The topological polar surface area (TPSA) is 15.3 Å². The van der Waals surface area contributed by atoms with Crippen molar-refractivity contribution in [2.75, 3.05) is 16.0 Å². The second-order valence-corrected chi connectivity index (χ2v) is 6.96. The molecule has 3 heteroatoms. The molecule has 1 N–H and O–H groups in total. The molecule has 1 fully saturated rings. The molecular weight excluding hydrogens is 288 g/mol. The molecule has 2 nitrogen and oxygen atoms in total. The van der Waals surface area contributed by atoms with Crippen molar-refractivity contribution in [2.24, 2.45) is 0 Å². The molecule has 108 valence electrons. The average molecular weight is 304 g/mol. The molecule has 1 saturated heterocycles. The first-order chi connectivity index (χ1) is 10.9. The Hall–Kier alpha value is -2.13. The van der Waals surface area contributed by atoms with Gasteiger partial charge in [-0.2, -0.15) is 0 Å². The van der Waals surface area contributed by atoms with Gasteiger partial charge >= 0.3 is 0 Å². The van der Waals surface area contributed by atoms with E-state index in [9.17, 15) is 0 Å². The fraction of sp³-hybridized carbons (Fsp3) is 0.158. The molecular formula is C19H16N2S. The summed E-state index contributed by atoms with van der Waals surface area (Å²) in [5.41, 5.74) is 4.38. The monoisotopic (exact) mass is 304 g/mol. The first kappa shape index (κ1) is 12.4. The number of nitrogens with one attached hydrogen (secondary N) is 1. The van der Waals surface area contributed by atoms with Gasteiger partial charge in [0.25, 0.3) is 0 Å². The molecule has 22 heavy (non-hydrogen) atoms. The van der Waals surface area contributed by atoms with Crippen molar-refractivity contribution in [3.8, 4) is 0 Å². The zero-order valence-corrected chi connectivity index (χ0v) is 12.9. The number of hydrogen-bond donors (Lipinski definition) is 1. The van der Waals surface area contributed by atoms with Crippen molar-refractivity contribution >= 4 is 33.9 Å². The average Bonchev–Trinajstić information content (AvgIpc) is 3.15. The van der Waals surface area contributed by atoms with Crippen LogP contribution in [-0.2, 0) is 0 Å². The van der Waals surface area contributed by atoms with E-state index in [0.717, 1.165) is 5.75 Å². The maximum absolute atomic E-state index is 3.73. The normalized spacial score (nSPS) is 22.5. The van der Waals surface area contributed by atoms with Gasteiger partial charge in [-0.15, -0.1) is 11.8 Å². The highest BCUT2D eigenvalue weighted by Gasteiger charge is 2.41. The molecule has 3 aromatic carbocycles. The van der Waals surface area contributed by atoms with Crippen molar-refractivity contribution < 1.29 is 0 Å². The predicted molar refractivity (Wildman–Crippen MR) is 95.5 cm³/mol. The van der Waals surface area contributed by atoms with Crippen molar-refractivity contribution in [3.05, 3.63) is 72.3 Å². The van der Waals surface area contributed by atoms with Gasteiger partial charge < -0.3 is 10.2 Å². The van der Waals surface area contributed by atoms with Crippen molar-refractivity contribution in [1.82, 2.24) is 0 Å². The summed E-state index contributed by atoms with van der Waals surface area (Å²) >= 11 is 2.00. The van der Waals surface area contributed by atoms with Crippen LogP contribution in [0.1, 0.15) is 11.6 Å². The van der Waals surface area contributed by atoms with E-state index in [1.165, 1.54) is 27.7 Å². The lowest BCUT2D eigenvalue weighted by Gasteiger charge is -2.25. The fourth-order valence-electron chi connectivity index (χ4n) is 3.59. The van der Waals surface area contributed by atoms with E-state index in [4.69, 9.17) is 0 Å². The Morgan fingerprint density at radius 1 is 0.909 bits per heavy atom. The SMILES string of the molecule is c1ccc(C2CSC3Nc4c(ccc5ccccc45)N32)cc1. The van der Waals surface area contributed by atoms with Crippen LogP contribution >= 0.6 is 11.8 Å². The Labute approximate surface area is 134 Å². The third kappa shape index (κ3) is 1.69. The van der Waals surface area contributed by atoms with Crippen LogP contribution in [0.2, 0.25) is 0 Å². The molecule has 2 unspecified atom stereocenters. The molecule has 0 amide bonds. The van der Waals surface area contributed by atoms with Crippen LogP contribution in [0.25, 0.3) is 10.8 Å². The molecule has 0 aliphatic carbocycles. The highest BCUT2D eigenvalue weighted by molar-refractivity contribution is 8.00. The number of anilines is 2. The van der Waals surface area contributed by atoms with E-state index in [1.54, 1.807) is 0 Å². The van der Waals surface area contributed by atoms with Crippen LogP contribution < -0.4 is 10.2 Å². The molecule has 5 rings (SSSR count). The number of fused-ring (bicyclic) bond motifs is 5. The van der Waals surface area contributed by atoms with E-state index in [1.807, 2.05) is 11.8 Å². The highest BCUT2D eigenvalue weighted by Crippen LogP contribution is 2.51. The minimum Gasteiger partial charge on any atom is -0.354 e. The number of benzene rings is 3. The van der Waals surface area contributed by atoms with E-state index < -0.39 is 0 Å². The van der Waals surface area contributed by atoms with E-state index >= 15 is 0 Å². The fourth-order valence-corrected chi connectivity index (χ4v) is 4.93. The summed E-state index contributed by atoms with van der Waals surface area (Å²) in [6, 6.07) is 24.4. The lowest BCUT2D eigenvalue weighted by molar-refractivity contribution is 0.734. The quantitative estimate of drug-likeness (QED) is 0.692. The summed E-state index contributed by atoms with van der Waals surface area (Å²) in [4.78, 5) is 2.54. The number of nitrogens with zero attached hydrogens (tertiary/aromatic N) is 1. The summed E-state index contributed by atoms with van der Waals surface area (Å²) in [5, 5.41) is 6.35. The van der Waals surface area contributed by atoms with Crippen LogP contribution in [0.3, 0.4) is 0 Å². The van der Waals surface area contributed by atoms with Gasteiger partial charge in [-0.1, -0.05) is 60.7 Å². The zero-order chi connectivity index (χ0) is 14.5. The Balaban J connectivity index is 1.66. The van der Waals surface area contributed by atoms with Gasteiger partial charge in [-0.3, -0.25) is 0 Å². The first-order valence-corrected chi connectivity index (χ1v) is 8.70. The van der Waals surface area contributed by atoms with Gasteiger partial charge in [0.1, 0.15) is 5.50 Å².